The summed E-state index contributed by atoms with van der Waals surface area (Å²) in [5, 5.41) is 13.3. The van der Waals surface area contributed by atoms with Crippen LogP contribution in [0.3, 0.4) is 0 Å². The van der Waals surface area contributed by atoms with E-state index in [-0.39, 0.29) is 21.8 Å². The van der Waals surface area contributed by atoms with Crippen LogP contribution in [-0.2, 0) is 6.54 Å². The van der Waals surface area contributed by atoms with Crippen molar-refractivity contribution in [2.45, 2.75) is 6.54 Å². The lowest BCUT2D eigenvalue weighted by molar-refractivity contribution is 0.0948. The van der Waals surface area contributed by atoms with Crippen LogP contribution in [0.25, 0.3) is 0 Å². The zero-order valence-corrected chi connectivity index (χ0v) is 13.4. The number of aromatic nitrogens is 2. The monoisotopic (exact) mass is 338 g/mol. The van der Waals surface area contributed by atoms with Gasteiger partial charge in [0.15, 0.2) is 0 Å². The normalized spacial score (nSPS) is 10.2. The van der Waals surface area contributed by atoms with Crippen LogP contribution in [0.15, 0.2) is 60.7 Å². The van der Waals surface area contributed by atoms with E-state index in [4.69, 9.17) is 0 Å². The summed E-state index contributed by atoms with van der Waals surface area (Å²) in [7, 11) is 0. The summed E-state index contributed by atoms with van der Waals surface area (Å²) in [6.07, 6.45) is 0. The van der Waals surface area contributed by atoms with Crippen LogP contribution in [0.1, 0.15) is 25.2 Å². The fourth-order valence-electron chi connectivity index (χ4n) is 1.97. The molecular weight excluding hydrogens is 324 g/mol. The van der Waals surface area contributed by atoms with Crippen LogP contribution in [-0.4, -0.2) is 22.0 Å². The molecule has 0 unspecified atom stereocenters. The van der Waals surface area contributed by atoms with E-state index in [0.717, 1.165) is 16.9 Å². The van der Waals surface area contributed by atoms with E-state index in [1.807, 2.05) is 48.5 Å². The van der Waals surface area contributed by atoms with Crippen molar-refractivity contribution < 1.29 is 9.59 Å². The maximum atomic E-state index is 12.1. The van der Waals surface area contributed by atoms with Gasteiger partial charge in [0.2, 0.25) is 10.0 Å². The maximum Gasteiger partial charge on any atom is 0.286 e. The second-order valence-corrected chi connectivity index (χ2v) is 5.88. The van der Waals surface area contributed by atoms with Crippen LogP contribution < -0.4 is 10.6 Å². The van der Waals surface area contributed by atoms with Crippen molar-refractivity contribution in [3.63, 3.8) is 0 Å². The molecule has 2 aromatic carbocycles. The van der Waals surface area contributed by atoms with E-state index in [0.29, 0.717) is 12.2 Å². The number of rotatable bonds is 5. The van der Waals surface area contributed by atoms with Crippen molar-refractivity contribution in [3.05, 3.63) is 76.2 Å². The smallest absolute Gasteiger partial charge is 0.286 e. The lowest BCUT2D eigenvalue weighted by Gasteiger charge is -2.02. The summed E-state index contributed by atoms with van der Waals surface area (Å²) in [5.74, 6) is -0.740. The standard InChI is InChI=1S/C17H14N4O2S/c22-14(18-11-12-7-3-1-4-8-12)16-20-21-17(24-16)15(23)19-13-9-5-2-6-10-13/h1-10H,11H2,(H,18,22)(H,19,23). The highest BCUT2D eigenvalue weighted by Gasteiger charge is 2.17. The van der Waals surface area contributed by atoms with Crippen LogP contribution in [0.5, 0.6) is 0 Å². The molecule has 3 rings (SSSR count). The number of benzene rings is 2. The number of nitrogens with one attached hydrogen (secondary N) is 2. The predicted octanol–water partition coefficient (Wildman–Crippen LogP) is 2.72. The third-order valence-electron chi connectivity index (χ3n) is 3.14. The molecule has 0 fully saturated rings. The Bertz CT molecular complexity index is 834. The molecule has 0 spiro atoms. The maximum absolute atomic E-state index is 12.1. The first-order valence-electron chi connectivity index (χ1n) is 7.24. The number of carbonyl (C=O) groups is 2. The minimum Gasteiger partial charge on any atom is -0.346 e. The third-order valence-corrected chi connectivity index (χ3v) is 4.06. The fourth-order valence-corrected chi connectivity index (χ4v) is 2.62. The molecule has 3 aromatic rings. The summed E-state index contributed by atoms with van der Waals surface area (Å²) < 4.78 is 0. The van der Waals surface area contributed by atoms with Gasteiger partial charge in [0.05, 0.1) is 0 Å². The van der Waals surface area contributed by atoms with Gasteiger partial charge >= 0.3 is 0 Å². The van der Waals surface area contributed by atoms with Crippen LogP contribution >= 0.6 is 11.3 Å². The average molecular weight is 338 g/mol. The Morgan fingerprint density at radius 3 is 2.08 bits per heavy atom. The minimum absolute atomic E-state index is 0.142. The second kappa shape index (κ2) is 7.47. The van der Waals surface area contributed by atoms with Crippen LogP contribution in [0, 0.1) is 0 Å². The lowest BCUT2D eigenvalue weighted by atomic mass is 10.2. The molecule has 0 aliphatic rings. The van der Waals surface area contributed by atoms with Crippen molar-refractivity contribution in [2.24, 2.45) is 0 Å². The van der Waals surface area contributed by atoms with Crippen molar-refractivity contribution >= 4 is 28.8 Å². The molecule has 120 valence electrons. The molecule has 0 saturated carbocycles. The molecule has 24 heavy (non-hydrogen) atoms. The van der Waals surface area contributed by atoms with Gasteiger partial charge in [-0.05, 0) is 17.7 Å². The summed E-state index contributed by atoms with van der Waals surface area (Å²) in [6.45, 7) is 0.394. The molecule has 1 aromatic heterocycles. The molecule has 0 saturated heterocycles. The Hall–Kier alpha value is -3.06. The highest BCUT2D eigenvalue weighted by atomic mass is 32.1. The Morgan fingerprint density at radius 1 is 0.833 bits per heavy atom. The molecule has 2 amide bonds. The Morgan fingerprint density at radius 2 is 1.42 bits per heavy atom. The lowest BCUT2D eigenvalue weighted by Crippen LogP contribution is -2.22. The number of amides is 2. The van der Waals surface area contributed by atoms with Gasteiger partial charge in [0.1, 0.15) is 0 Å². The Balaban J connectivity index is 1.60. The highest BCUT2D eigenvalue weighted by Crippen LogP contribution is 2.13. The van der Waals surface area contributed by atoms with Gasteiger partial charge in [-0.15, -0.1) is 10.2 Å². The topological polar surface area (TPSA) is 84.0 Å². The zero-order valence-electron chi connectivity index (χ0n) is 12.6. The summed E-state index contributed by atoms with van der Waals surface area (Å²) in [5.41, 5.74) is 1.64. The second-order valence-electron chi connectivity index (χ2n) is 4.90. The summed E-state index contributed by atoms with van der Waals surface area (Å²) >= 11 is 0.957. The first-order chi connectivity index (χ1) is 11.7. The Kier molecular flexibility index (Phi) is 4.93. The van der Waals surface area contributed by atoms with E-state index in [2.05, 4.69) is 20.8 Å². The van der Waals surface area contributed by atoms with E-state index in [1.54, 1.807) is 12.1 Å². The van der Waals surface area contributed by atoms with E-state index >= 15 is 0 Å². The van der Waals surface area contributed by atoms with Crippen molar-refractivity contribution in [2.75, 3.05) is 5.32 Å². The number of hydrogen-bond donors (Lipinski definition) is 2. The number of anilines is 1. The van der Waals surface area contributed by atoms with Crippen molar-refractivity contribution in [3.8, 4) is 0 Å². The molecule has 0 aliphatic heterocycles. The van der Waals surface area contributed by atoms with E-state index in [9.17, 15) is 9.59 Å². The van der Waals surface area contributed by atoms with Gasteiger partial charge in [-0.3, -0.25) is 9.59 Å². The fraction of sp³-hybridized carbons (Fsp3) is 0.0588. The van der Waals surface area contributed by atoms with Gasteiger partial charge in [0, 0.05) is 12.2 Å². The first-order valence-corrected chi connectivity index (χ1v) is 8.06. The van der Waals surface area contributed by atoms with Crippen molar-refractivity contribution in [1.82, 2.24) is 15.5 Å². The van der Waals surface area contributed by atoms with Crippen molar-refractivity contribution in [1.29, 1.82) is 0 Å². The summed E-state index contributed by atoms with van der Waals surface area (Å²) in [4.78, 5) is 24.2. The number of hydrogen-bond acceptors (Lipinski definition) is 5. The third kappa shape index (κ3) is 4.02. The SMILES string of the molecule is O=C(NCc1ccccc1)c1nnc(C(=O)Nc2ccccc2)s1. The average Bonchev–Trinajstić information content (AvgIpc) is 3.12. The largest absolute Gasteiger partial charge is 0.346 e. The number of para-hydroxylation sites is 1. The summed E-state index contributed by atoms with van der Waals surface area (Å²) in [6, 6.07) is 18.6. The molecule has 0 bridgehead atoms. The van der Waals surface area contributed by atoms with E-state index < -0.39 is 0 Å². The van der Waals surface area contributed by atoms with Gasteiger partial charge in [-0.1, -0.05) is 59.9 Å². The number of carbonyl (C=O) groups excluding carboxylic acids is 2. The quantitative estimate of drug-likeness (QED) is 0.749. The van der Waals surface area contributed by atoms with Gasteiger partial charge < -0.3 is 10.6 Å². The number of nitrogens with zero attached hydrogens (tertiary/aromatic N) is 2. The van der Waals surface area contributed by atoms with E-state index in [1.165, 1.54) is 0 Å². The molecular formula is C17H14N4O2S. The molecule has 7 heteroatoms. The Labute approximate surface area is 142 Å². The molecule has 0 aliphatic carbocycles. The first kappa shape index (κ1) is 15.8. The van der Waals surface area contributed by atoms with Gasteiger partial charge in [-0.2, -0.15) is 0 Å². The molecule has 1 heterocycles. The van der Waals surface area contributed by atoms with Gasteiger partial charge in [0.25, 0.3) is 11.8 Å². The molecule has 0 radical (unpaired) electrons. The molecule has 0 atom stereocenters. The minimum atomic E-state index is -0.388. The zero-order chi connectivity index (χ0) is 16.8. The highest BCUT2D eigenvalue weighted by molar-refractivity contribution is 7.15. The van der Waals surface area contributed by atoms with Gasteiger partial charge in [-0.25, -0.2) is 0 Å². The molecule has 2 N–H and O–H groups in total. The molecule has 6 nitrogen and oxygen atoms in total. The predicted molar refractivity (Wildman–Crippen MR) is 91.9 cm³/mol. The van der Waals surface area contributed by atoms with Crippen LogP contribution in [0.4, 0.5) is 5.69 Å². The van der Waals surface area contributed by atoms with Crippen LogP contribution in [0.2, 0.25) is 0 Å².